The van der Waals surface area contributed by atoms with Gasteiger partial charge in [-0.2, -0.15) is 0 Å². The number of fused-ring (bicyclic) bond motifs is 1. The molecule has 32 heavy (non-hydrogen) atoms. The first kappa shape index (κ1) is 21.1. The Balaban J connectivity index is 1.58. The van der Waals surface area contributed by atoms with Gasteiger partial charge in [-0.1, -0.05) is 11.6 Å². The van der Waals surface area contributed by atoms with Gasteiger partial charge in [0.05, 0.1) is 17.1 Å². The monoisotopic (exact) mass is 463 g/mol. The highest BCUT2D eigenvalue weighted by Gasteiger charge is 2.38. The summed E-state index contributed by atoms with van der Waals surface area (Å²) < 4.78 is 43.7. The highest BCUT2D eigenvalue weighted by Crippen LogP contribution is 2.36. The van der Waals surface area contributed by atoms with Crippen LogP contribution in [0.15, 0.2) is 36.4 Å². The van der Waals surface area contributed by atoms with Gasteiger partial charge < -0.3 is 15.5 Å². The maximum absolute atomic E-state index is 14.1. The molecule has 2 fully saturated rings. The Kier molecular flexibility index (Phi) is 5.25. The lowest BCUT2D eigenvalue weighted by Crippen LogP contribution is -2.50. The molecule has 3 atom stereocenters. The summed E-state index contributed by atoms with van der Waals surface area (Å²) in [6.07, 6.45) is -0.472. The van der Waals surface area contributed by atoms with Crippen molar-refractivity contribution in [1.82, 2.24) is 9.55 Å². The van der Waals surface area contributed by atoms with Crippen LogP contribution < -0.4 is 15.5 Å². The van der Waals surface area contributed by atoms with E-state index in [9.17, 15) is 18.0 Å². The molecule has 3 aromatic rings. The second kappa shape index (κ2) is 7.97. The van der Waals surface area contributed by atoms with Crippen molar-refractivity contribution < 1.29 is 18.0 Å². The number of imidazole rings is 1. The Bertz CT molecular complexity index is 1180. The third-order valence-corrected chi connectivity index (χ3v) is 6.45. The number of hydrogen-bond acceptors (Lipinski definition) is 4. The predicted molar refractivity (Wildman–Crippen MR) is 117 cm³/mol. The van der Waals surface area contributed by atoms with Crippen LogP contribution in [0.25, 0.3) is 11.0 Å². The van der Waals surface area contributed by atoms with Gasteiger partial charge in [0.1, 0.15) is 12.2 Å². The van der Waals surface area contributed by atoms with Crippen LogP contribution in [0.4, 0.5) is 24.8 Å². The molecule has 5 rings (SSSR count). The molecule has 2 aromatic carbocycles. The Morgan fingerprint density at radius 1 is 1.06 bits per heavy atom. The molecule has 0 unspecified atom stereocenters. The van der Waals surface area contributed by atoms with Gasteiger partial charge in [-0.05, 0) is 37.1 Å². The van der Waals surface area contributed by atoms with Crippen LogP contribution in [0, 0.1) is 11.6 Å². The first-order valence-electron chi connectivity index (χ1n) is 10.4. The number of amides is 1. The van der Waals surface area contributed by atoms with Gasteiger partial charge in [0.2, 0.25) is 11.9 Å². The topological polar surface area (TPSA) is 67.4 Å². The lowest BCUT2D eigenvalue weighted by Gasteiger charge is -2.34. The lowest BCUT2D eigenvalue weighted by atomic mass is 10.1. The number of benzene rings is 2. The summed E-state index contributed by atoms with van der Waals surface area (Å²) >= 11 is 5.96. The van der Waals surface area contributed by atoms with Crippen molar-refractivity contribution in [3.8, 4) is 0 Å². The van der Waals surface area contributed by atoms with E-state index in [0.717, 1.165) is 12.1 Å². The van der Waals surface area contributed by atoms with E-state index in [1.54, 1.807) is 38.6 Å². The minimum Gasteiger partial charge on any atom is -0.340 e. The fourth-order valence-electron chi connectivity index (χ4n) is 4.52. The normalized spacial score (nSPS) is 24.0. The minimum absolute atomic E-state index is 0.192. The standard InChI is InChI=1S/C22H21ClF3N5O/c23-12-1-3-13(4-2-12)30-8-6-19(21(30)32)31-20-10-16(26)15(25)9-18(20)28-22(31)29-7-5-14(24)17(27)11-29/h1-4,9-10,14,17,19H,5-8,11,27H2/t14-,17-,19-/m1/s1. The maximum Gasteiger partial charge on any atom is 0.250 e. The zero-order valence-corrected chi connectivity index (χ0v) is 17.8. The summed E-state index contributed by atoms with van der Waals surface area (Å²) in [6, 6.07) is 7.62. The number of halogens is 4. The summed E-state index contributed by atoms with van der Waals surface area (Å²) in [5, 5.41) is 0.560. The van der Waals surface area contributed by atoms with E-state index < -0.39 is 29.9 Å². The summed E-state index contributed by atoms with van der Waals surface area (Å²) in [5.74, 6) is -1.87. The van der Waals surface area contributed by atoms with Crippen LogP contribution in [-0.2, 0) is 4.79 Å². The molecule has 2 saturated heterocycles. The highest BCUT2D eigenvalue weighted by molar-refractivity contribution is 6.30. The number of nitrogens with zero attached hydrogens (tertiary/aromatic N) is 4. The van der Waals surface area contributed by atoms with E-state index in [1.165, 1.54) is 0 Å². The number of aromatic nitrogens is 2. The van der Waals surface area contributed by atoms with Crippen molar-refractivity contribution in [3.05, 3.63) is 53.1 Å². The molecule has 2 aliphatic heterocycles. The summed E-state index contributed by atoms with van der Waals surface area (Å²) in [5.41, 5.74) is 7.17. The number of nitrogens with two attached hydrogens (primary N) is 1. The van der Waals surface area contributed by atoms with Gasteiger partial charge in [-0.3, -0.25) is 9.36 Å². The van der Waals surface area contributed by atoms with Gasteiger partial charge in [0, 0.05) is 42.5 Å². The van der Waals surface area contributed by atoms with E-state index in [2.05, 4.69) is 4.98 Å². The Hall–Kier alpha value is -2.78. The fraction of sp³-hybridized carbons (Fsp3) is 0.364. The average molecular weight is 464 g/mol. The number of rotatable bonds is 3. The molecule has 168 valence electrons. The van der Waals surface area contributed by atoms with E-state index in [1.807, 2.05) is 0 Å². The van der Waals surface area contributed by atoms with Crippen LogP contribution in [0.2, 0.25) is 5.02 Å². The van der Waals surface area contributed by atoms with Crippen LogP contribution in [0.1, 0.15) is 18.9 Å². The second-order valence-corrected chi connectivity index (χ2v) is 8.66. The van der Waals surface area contributed by atoms with Crippen LogP contribution in [0.5, 0.6) is 0 Å². The van der Waals surface area contributed by atoms with Crippen molar-refractivity contribution >= 4 is 40.2 Å². The zero-order chi connectivity index (χ0) is 22.6. The van der Waals surface area contributed by atoms with E-state index >= 15 is 0 Å². The van der Waals surface area contributed by atoms with Crippen molar-refractivity contribution in [2.24, 2.45) is 5.73 Å². The Labute approximate surface area is 187 Å². The molecular weight excluding hydrogens is 443 g/mol. The van der Waals surface area contributed by atoms with E-state index in [0.29, 0.717) is 41.7 Å². The molecule has 0 spiro atoms. The number of carbonyl (C=O) groups is 1. The van der Waals surface area contributed by atoms with Gasteiger partial charge in [0.15, 0.2) is 11.6 Å². The van der Waals surface area contributed by atoms with E-state index in [4.69, 9.17) is 17.3 Å². The first-order valence-corrected chi connectivity index (χ1v) is 10.8. The summed E-state index contributed by atoms with van der Waals surface area (Å²) in [6.45, 7) is 0.974. The maximum atomic E-state index is 14.1. The molecule has 0 saturated carbocycles. The van der Waals surface area contributed by atoms with Gasteiger partial charge in [-0.15, -0.1) is 0 Å². The van der Waals surface area contributed by atoms with Crippen LogP contribution in [0.3, 0.4) is 0 Å². The molecular formula is C22H21ClF3N5O. The molecule has 1 aromatic heterocycles. The molecule has 10 heteroatoms. The number of carbonyl (C=O) groups excluding carboxylic acids is 1. The quantitative estimate of drug-likeness (QED) is 0.641. The second-order valence-electron chi connectivity index (χ2n) is 8.22. The van der Waals surface area contributed by atoms with E-state index in [-0.39, 0.29) is 24.4 Å². The number of alkyl halides is 1. The number of hydrogen-bond donors (Lipinski definition) is 1. The van der Waals surface area contributed by atoms with Crippen molar-refractivity contribution in [1.29, 1.82) is 0 Å². The third kappa shape index (κ3) is 3.49. The molecule has 0 aliphatic carbocycles. The lowest BCUT2D eigenvalue weighted by molar-refractivity contribution is -0.119. The Morgan fingerprint density at radius 3 is 2.50 bits per heavy atom. The summed E-state index contributed by atoms with van der Waals surface area (Å²) in [7, 11) is 0. The smallest absolute Gasteiger partial charge is 0.250 e. The number of anilines is 2. The fourth-order valence-corrected chi connectivity index (χ4v) is 4.65. The molecule has 2 aliphatic rings. The highest BCUT2D eigenvalue weighted by atomic mass is 35.5. The van der Waals surface area contributed by atoms with Crippen molar-refractivity contribution in [3.63, 3.8) is 0 Å². The molecule has 6 nitrogen and oxygen atoms in total. The SMILES string of the molecule is N[C@@H]1CN(c2nc3cc(F)c(F)cc3n2[C@@H]2CCN(c3ccc(Cl)cc3)C2=O)CC[C@H]1F. The molecule has 0 radical (unpaired) electrons. The minimum atomic E-state index is -1.13. The van der Waals surface area contributed by atoms with Gasteiger partial charge in [0.25, 0.3) is 0 Å². The largest absolute Gasteiger partial charge is 0.340 e. The number of piperidine rings is 1. The van der Waals surface area contributed by atoms with Crippen molar-refractivity contribution in [2.75, 3.05) is 29.4 Å². The van der Waals surface area contributed by atoms with Crippen LogP contribution in [-0.4, -0.2) is 47.3 Å². The predicted octanol–water partition coefficient (Wildman–Crippen LogP) is 3.82. The zero-order valence-electron chi connectivity index (χ0n) is 17.0. The van der Waals surface area contributed by atoms with Gasteiger partial charge in [-0.25, -0.2) is 18.2 Å². The van der Waals surface area contributed by atoms with Gasteiger partial charge >= 0.3 is 0 Å². The average Bonchev–Trinajstić information content (AvgIpc) is 3.31. The first-order chi connectivity index (χ1) is 15.3. The van der Waals surface area contributed by atoms with Crippen molar-refractivity contribution in [2.45, 2.75) is 31.1 Å². The molecule has 0 bridgehead atoms. The Morgan fingerprint density at radius 2 is 1.78 bits per heavy atom. The molecule has 1 amide bonds. The molecule has 2 N–H and O–H groups in total. The molecule has 3 heterocycles. The third-order valence-electron chi connectivity index (χ3n) is 6.19. The summed E-state index contributed by atoms with van der Waals surface area (Å²) in [4.78, 5) is 21.3. The van der Waals surface area contributed by atoms with Crippen LogP contribution >= 0.6 is 11.6 Å².